The summed E-state index contributed by atoms with van der Waals surface area (Å²) in [5.41, 5.74) is 0.635. The van der Waals surface area contributed by atoms with Crippen LogP contribution in [0.15, 0.2) is 23.1 Å². The zero-order valence-electron chi connectivity index (χ0n) is 9.36. The molecule has 0 saturated carbocycles. The van der Waals surface area contributed by atoms with E-state index in [1.54, 1.807) is 6.07 Å². The topological polar surface area (TPSA) is 81.4 Å². The molecule has 0 bridgehead atoms. The minimum absolute atomic E-state index is 0.0758. The molecule has 0 spiro atoms. The molecule has 16 heavy (non-hydrogen) atoms. The number of hydrogen-bond donors (Lipinski definition) is 2. The maximum Gasteiger partial charge on any atom is 0.238 e. The molecule has 0 radical (unpaired) electrons. The average Bonchev–Trinajstić information content (AvgIpc) is 2.24. The van der Waals surface area contributed by atoms with Gasteiger partial charge in [0, 0.05) is 6.54 Å². The maximum absolute atomic E-state index is 11.2. The van der Waals surface area contributed by atoms with Gasteiger partial charge in [-0.3, -0.25) is 0 Å². The van der Waals surface area contributed by atoms with E-state index in [-0.39, 0.29) is 4.90 Å². The van der Waals surface area contributed by atoms with Crippen molar-refractivity contribution in [1.29, 1.82) is 0 Å². The summed E-state index contributed by atoms with van der Waals surface area (Å²) in [6, 6.07) is 4.48. The molecule has 1 rings (SSSR count). The van der Waals surface area contributed by atoms with E-state index in [0.29, 0.717) is 11.4 Å². The highest BCUT2D eigenvalue weighted by Gasteiger charge is 2.11. The highest BCUT2D eigenvalue weighted by Crippen LogP contribution is 2.26. The van der Waals surface area contributed by atoms with Crippen LogP contribution in [-0.4, -0.2) is 22.1 Å². The third kappa shape index (κ3) is 3.11. The van der Waals surface area contributed by atoms with Gasteiger partial charge >= 0.3 is 0 Å². The van der Waals surface area contributed by atoms with E-state index in [2.05, 4.69) is 5.32 Å². The van der Waals surface area contributed by atoms with Crippen molar-refractivity contribution in [2.45, 2.75) is 18.2 Å². The van der Waals surface area contributed by atoms with Crippen LogP contribution in [0.1, 0.15) is 13.3 Å². The highest BCUT2D eigenvalue weighted by molar-refractivity contribution is 7.89. The number of methoxy groups -OCH3 is 1. The molecule has 1 aromatic rings. The Balaban J connectivity index is 3.11. The van der Waals surface area contributed by atoms with Crippen molar-refractivity contribution in [3.63, 3.8) is 0 Å². The summed E-state index contributed by atoms with van der Waals surface area (Å²) >= 11 is 0. The number of nitrogens with one attached hydrogen (secondary N) is 1. The van der Waals surface area contributed by atoms with Crippen LogP contribution in [-0.2, 0) is 10.0 Å². The normalized spacial score (nSPS) is 11.2. The van der Waals surface area contributed by atoms with Crippen LogP contribution < -0.4 is 15.2 Å². The van der Waals surface area contributed by atoms with Crippen molar-refractivity contribution >= 4 is 15.7 Å². The van der Waals surface area contributed by atoms with Gasteiger partial charge in [0.15, 0.2) is 0 Å². The van der Waals surface area contributed by atoms with E-state index in [9.17, 15) is 8.42 Å². The van der Waals surface area contributed by atoms with E-state index in [1.165, 1.54) is 19.2 Å². The van der Waals surface area contributed by atoms with Gasteiger partial charge in [0.25, 0.3) is 0 Å². The summed E-state index contributed by atoms with van der Waals surface area (Å²) in [5, 5.41) is 8.13. The van der Waals surface area contributed by atoms with Gasteiger partial charge in [-0.25, -0.2) is 13.6 Å². The Bertz CT molecular complexity index is 457. The van der Waals surface area contributed by atoms with Gasteiger partial charge in [0.1, 0.15) is 5.75 Å². The first kappa shape index (κ1) is 12.8. The minimum atomic E-state index is -3.67. The number of hydrogen-bond acceptors (Lipinski definition) is 4. The quantitative estimate of drug-likeness (QED) is 0.814. The molecule has 0 amide bonds. The fourth-order valence-electron chi connectivity index (χ4n) is 1.26. The minimum Gasteiger partial charge on any atom is -0.495 e. The molecule has 6 heteroatoms. The molecule has 0 saturated heterocycles. The Morgan fingerprint density at radius 2 is 2.12 bits per heavy atom. The molecule has 0 fully saturated rings. The molecule has 0 aliphatic carbocycles. The van der Waals surface area contributed by atoms with E-state index >= 15 is 0 Å². The maximum atomic E-state index is 11.2. The highest BCUT2D eigenvalue weighted by atomic mass is 32.2. The Morgan fingerprint density at radius 1 is 1.44 bits per heavy atom. The predicted octanol–water partition coefficient (Wildman–Crippen LogP) is 1.16. The van der Waals surface area contributed by atoms with Crippen LogP contribution in [0, 0.1) is 0 Å². The second kappa shape index (κ2) is 5.18. The van der Waals surface area contributed by atoms with Crippen LogP contribution >= 0.6 is 0 Å². The fourth-order valence-corrected chi connectivity index (χ4v) is 1.80. The number of sulfonamides is 1. The molecule has 3 N–H and O–H groups in total. The molecule has 90 valence electrons. The summed E-state index contributed by atoms with van der Waals surface area (Å²) in [5.74, 6) is 0.598. The zero-order chi connectivity index (χ0) is 12.2. The molecule has 0 aromatic heterocycles. The summed E-state index contributed by atoms with van der Waals surface area (Å²) in [4.78, 5) is 0.0758. The summed E-state index contributed by atoms with van der Waals surface area (Å²) < 4.78 is 27.4. The third-order valence-electron chi connectivity index (χ3n) is 2.06. The lowest BCUT2D eigenvalue weighted by molar-refractivity contribution is 0.416. The summed E-state index contributed by atoms with van der Waals surface area (Å²) in [6.07, 6.45) is 0.933. The fraction of sp³-hybridized carbons (Fsp3) is 0.400. The van der Waals surface area contributed by atoms with Crippen molar-refractivity contribution in [3.05, 3.63) is 18.2 Å². The Hall–Kier alpha value is -1.27. The van der Waals surface area contributed by atoms with E-state index < -0.39 is 10.0 Å². The van der Waals surface area contributed by atoms with Gasteiger partial charge in [0.2, 0.25) is 10.0 Å². The molecule has 0 atom stereocenters. The lowest BCUT2D eigenvalue weighted by Gasteiger charge is -2.11. The average molecular weight is 244 g/mol. The van der Waals surface area contributed by atoms with E-state index in [4.69, 9.17) is 9.88 Å². The van der Waals surface area contributed by atoms with E-state index in [0.717, 1.165) is 13.0 Å². The van der Waals surface area contributed by atoms with Crippen LogP contribution in [0.3, 0.4) is 0 Å². The molecular weight excluding hydrogens is 228 g/mol. The molecule has 1 aromatic carbocycles. The van der Waals surface area contributed by atoms with Gasteiger partial charge in [-0.15, -0.1) is 0 Å². The van der Waals surface area contributed by atoms with Gasteiger partial charge in [-0.1, -0.05) is 6.92 Å². The van der Waals surface area contributed by atoms with Crippen molar-refractivity contribution in [2.75, 3.05) is 19.0 Å². The standard InChI is InChI=1S/C10H16N2O3S/c1-3-6-12-9-7-8(16(11,13)14)4-5-10(9)15-2/h4-5,7,12H,3,6H2,1-2H3,(H2,11,13,14). The van der Waals surface area contributed by atoms with Crippen LogP contribution in [0.2, 0.25) is 0 Å². The van der Waals surface area contributed by atoms with Crippen LogP contribution in [0.25, 0.3) is 0 Å². The van der Waals surface area contributed by atoms with Gasteiger partial charge in [0.05, 0.1) is 17.7 Å². The molecule has 5 nitrogen and oxygen atoms in total. The molecule has 0 aliphatic heterocycles. The lowest BCUT2D eigenvalue weighted by atomic mass is 10.3. The lowest BCUT2D eigenvalue weighted by Crippen LogP contribution is -2.13. The molecule has 0 unspecified atom stereocenters. The van der Waals surface area contributed by atoms with E-state index in [1.807, 2.05) is 6.92 Å². The SMILES string of the molecule is CCCNc1cc(S(N)(=O)=O)ccc1OC. The van der Waals surface area contributed by atoms with Gasteiger partial charge in [-0.2, -0.15) is 0 Å². The number of nitrogens with two attached hydrogens (primary N) is 1. The first-order chi connectivity index (χ1) is 7.49. The number of ether oxygens (including phenoxy) is 1. The molecular formula is C10H16N2O3S. The van der Waals surface area contributed by atoms with Crippen molar-refractivity contribution in [2.24, 2.45) is 5.14 Å². The van der Waals surface area contributed by atoms with Gasteiger partial charge < -0.3 is 10.1 Å². The second-order valence-electron chi connectivity index (χ2n) is 3.33. The number of primary sulfonamides is 1. The van der Waals surface area contributed by atoms with Crippen LogP contribution in [0.5, 0.6) is 5.75 Å². The Kier molecular flexibility index (Phi) is 4.14. The summed E-state index contributed by atoms with van der Waals surface area (Å²) in [6.45, 7) is 2.76. The largest absolute Gasteiger partial charge is 0.495 e. The molecule has 0 heterocycles. The Labute approximate surface area is 95.7 Å². The van der Waals surface area contributed by atoms with Crippen molar-refractivity contribution < 1.29 is 13.2 Å². The van der Waals surface area contributed by atoms with Crippen LogP contribution in [0.4, 0.5) is 5.69 Å². The number of rotatable bonds is 5. The second-order valence-corrected chi connectivity index (χ2v) is 4.90. The smallest absolute Gasteiger partial charge is 0.238 e. The first-order valence-corrected chi connectivity index (χ1v) is 6.48. The summed E-state index contributed by atoms with van der Waals surface area (Å²) in [7, 11) is -2.14. The Morgan fingerprint density at radius 3 is 2.62 bits per heavy atom. The monoisotopic (exact) mass is 244 g/mol. The number of benzene rings is 1. The van der Waals surface area contributed by atoms with Crippen molar-refractivity contribution in [3.8, 4) is 5.75 Å². The predicted molar refractivity (Wildman–Crippen MR) is 63.1 cm³/mol. The first-order valence-electron chi connectivity index (χ1n) is 4.93. The number of anilines is 1. The zero-order valence-corrected chi connectivity index (χ0v) is 10.2. The third-order valence-corrected chi connectivity index (χ3v) is 2.98. The molecule has 0 aliphatic rings. The van der Waals surface area contributed by atoms with Crippen molar-refractivity contribution in [1.82, 2.24) is 0 Å². The van der Waals surface area contributed by atoms with Gasteiger partial charge in [-0.05, 0) is 24.6 Å².